The maximum Gasteiger partial charge on any atom is -1.00 e. The largest absolute Gasteiger partial charge is 1.00 e. The number of hydrogen-bond acceptors (Lipinski definition) is 0. The first kappa shape index (κ1) is 22.5. The van der Waals surface area contributed by atoms with Gasteiger partial charge < -0.3 is 34.0 Å². The van der Waals surface area contributed by atoms with E-state index in [-0.39, 0.29) is 34.0 Å². The summed E-state index contributed by atoms with van der Waals surface area (Å²) in [6.07, 6.45) is 1.89. The van der Waals surface area contributed by atoms with Gasteiger partial charge in [0.1, 0.15) is 0 Å². The molecule has 0 aliphatic rings. The Morgan fingerprint density at radius 1 is 1.33 bits per heavy atom. The summed E-state index contributed by atoms with van der Waals surface area (Å²) in [6, 6.07) is 0. The van der Waals surface area contributed by atoms with Gasteiger partial charge in [0.15, 0.2) is 0 Å². The molecule has 0 nitrogen and oxygen atoms in total. The van der Waals surface area contributed by atoms with Gasteiger partial charge in [-0.15, -0.1) is 0 Å². The fourth-order valence-electron chi connectivity index (χ4n) is 0. The Morgan fingerprint density at radius 3 is 1.44 bits per heavy atom. The quantitative estimate of drug-likeness (QED) is 0.334. The molecule has 0 saturated heterocycles. The van der Waals surface area contributed by atoms with Crippen molar-refractivity contribution in [1.82, 2.24) is 0 Å². The molecule has 48 valence electrons. The number of rotatable bonds is 1. The predicted molar refractivity (Wildman–Crippen MR) is 37.0 cm³/mol. The van der Waals surface area contributed by atoms with Crippen molar-refractivity contribution in [2.75, 3.05) is 0 Å². The van der Waals surface area contributed by atoms with Crippen molar-refractivity contribution < 1.29 is 34.0 Å². The van der Waals surface area contributed by atoms with Gasteiger partial charge in [-0.25, -0.2) is 0 Å². The van der Waals surface area contributed by atoms with Crippen molar-refractivity contribution in [1.29, 1.82) is 0 Å². The SMILES string of the molecule is C=C[CH2][Mg+].C[CH2][Mg+].[Br-].[Br-]. The van der Waals surface area contributed by atoms with Crippen LogP contribution in [0.4, 0.5) is 0 Å². The van der Waals surface area contributed by atoms with Crippen LogP contribution in [0.1, 0.15) is 6.92 Å². The van der Waals surface area contributed by atoms with E-state index in [4.69, 9.17) is 0 Å². The van der Waals surface area contributed by atoms with E-state index in [1.807, 2.05) is 49.5 Å². The molecule has 0 fully saturated rings. The maximum atomic E-state index is 3.49. The third-order valence-electron chi connectivity index (χ3n) is 0.204. The van der Waals surface area contributed by atoms with Gasteiger partial charge in [-0.1, -0.05) is 0 Å². The van der Waals surface area contributed by atoms with E-state index in [9.17, 15) is 0 Å². The fraction of sp³-hybridized carbons (Fsp3) is 0.600. The Balaban J connectivity index is -0.0000000233. The van der Waals surface area contributed by atoms with Crippen molar-refractivity contribution in [3.05, 3.63) is 12.7 Å². The van der Waals surface area contributed by atoms with Crippen LogP contribution in [0.3, 0.4) is 0 Å². The summed E-state index contributed by atoms with van der Waals surface area (Å²) in [6.45, 7) is 5.62. The second-order valence-corrected chi connectivity index (χ2v) is 2.65. The molecule has 0 aliphatic carbocycles. The van der Waals surface area contributed by atoms with Crippen LogP contribution in [0.15, 0.2) is 12.7 Å². The van der Waals surface area contributed by atoms with Gasteiger partial charge >= 0.3 is 72.1 Å². The van der Waals surface area contributed by atoms with E-state index >= 15 is 0 Å². The molecule has 0 saturated carbocycles. The van der Waals surface area contributed by atoms with E-state index in [1.165, 1.54) is 4.55 Å². The van der Waals surface area contributed by atoms with Crippen molar-refractivity contribution in [2.45, 2.75) is 16.0 Å². The van der Waals surface area contributed by atoms with Crippen molar-refractivity contribution in [3.8, 4) is 0 Å². The van der Waals surface area contributed by atoms with Crippen LogP contribution in [0.5, 0.6) is 0 Å². The molecule has 4 heteroatoms. The second-order valence-electron chi connectivity index (χ2n) is 1.08. The molecule has 0 rings (SSSR count). The Morgan fingerprint density at radius 2 is 1.44 bits per heavy atom. The van der Waals surface area contributed by atoms with E-state index in [2.05, 4.69) is 13.5 Å². The molecule has 0 aromatic heterocycles. The molecule has 0 bridgehead atoms. The monoisotopic (exact) mass is 276 g/mol. The minimum absolute atomic E-state index is 0. The van der Waals surface area contributed by atoms with Crippen LogP contribution >= 0.6 is 0 Å². The summed E-state index contributed by atoms with van der Waals surface area (Å²) >= 11 is 3.88. The van der Waals surface area contributed by atoms with Crippen molar-refractivity contribution in [2.24, 2.45) is 0 Å². The van der Waals surface area contributed by atoms with Crippen LogP contribution < -0.4 is 34.0 Å². The molecule has 0 atom stereocenters. The van der Waals surface area contributed by atoms with Crippen LogP contribution in [0.25, 0.3) is 0 Å². The predicted octanol–water partition coefficient (Wildman–Crippen LogP) is -4.64. The first-order valence-electron chi connectivity index (χ1n) is 2.52. The molecule has 0 amide bonds. The molecule has 0 unspecified atom stereocenters. The zero-order chi connectivity index (χ0) is 6.12. The third kappa shape index (κ3) is 66.4. The molecular formula is C5H10Br2Mg2. The van der Waals surface area contributed by atoms with Gasteiger partial charge in [0.25, 0.3) is 0 Å². The molecule has 0 aliphatic heterocycles. The van der Waals surface area contributed by atoms with Gasteiger partial charge in [-0.05, 0) is 0 Å². The van der Waals surface area contributed by atoms with Crippen LogP contribution in [-0.2, 0) is 0 Å². The minimum Gasteiger partial charge on any atom is -1.00 e. The molecule has 0 radical (unpaired) electrons. The van der Waals surface area contributed by atoms with Crippen molar-refractivity contribution in [3.63, 3.8) is 0 Å². The summed E-state index contributed by atoms with van der Waals surface area (Å²) in [5.74, 6) is 0. The zero-order valence-electron chi connectivity index (χ0n) is 5.87. The smallest absolute Gasteiger partial charge is 1.00 e. The van der Waals surface area contributed by atoms with Gasteiger partial charge in [0.05, 0.1) is 0 Å². The first-order valence-corrected chi connectivity index (χ1v) is 4.52. The Hall–Kier alpha value is 2.23. The van der Waals surface area contributed by atoms with Crippen molar-refractivity contribution >= 4 is 43.4 Å². The summed E-state index contributed by atoms with van der Waals surface area (Å²) in [4.78, 5) is 0. The van der Waals surface area contributed by atoms with Gasteiger partial charge in [-0.3, -0.25) is 0 Å². The molecule has 0 N–H and O–H groups in total. The molecule has 0 aromatic rings. The summed E-state index contributed by atoms with van der Waals surface area (Å²) in [7, 11) is 0. The molecule has 0 spiro atoms. The normalized spacial score (nSPS) is 5.00. The summed E-state index contributed by atoms with van der Waals surface area (Å²) < 4.78 is 2.39. The van der Waals surface area contributed by atoms with Gasteiger partial charge in [0, 0.05) is 0 Å². The Labute approximate surface area is 105 Å². The average molecular weight is 279 g/mol. The van der Waals surface area contributed by atoms with Gasteiger partial charge in [-0.2, -0.15) is 0 Å². The third-order valence-corrected chi connectivity index (χ3v) is 0.612. The topological polar surface area (TPSA) is 0 Å². The fourth-order valence-corrected chi connectivity index (χ4v) is 0. The van der Waals surface area contributed by atoms with Gasteiger partial charge in [0.2, 0.25) is 0 Å². The molecular weight excluding hydrogens is 268 g/mol. The number of allylic oxidation sites excluding steroid dienone is 1. The molecule has 0 aromatic carbocycles. The van der Waals surface area contributed by atoms with Crippen LogP contribution in [0, 0.1) is 0 Å². The average Bonchev–Trinajstić information content (AvgIpc) is 1.69. The minimum atomic E-state index is 0. The Kier molecular flexibility index (Phi) is 79.6. The van der Waals surface area contributed by atoms with E-state index < -0.39 is 0 Å². The first-order chi connectivity index (χ1) is 3.33. The number of halogens is 2. The maximum absolute atomic E-state index is 3.49. The second kappa shape index (κ2) is 31.9. The Bertz CT molecular complexity index is 34.1. The summed E-state index contributed by atoms with van der Waals surface area (Å²) in [5, 5.41) is 0. The van der Waals surface area contributed by atoms with Crippen LogP contribution in [0.2, 0.25) is 9.10 Å². The van der Waals surface area contributed by atoms with Crippen LogP contribution in [-0.4, -0.2) is 43.4 Å². The van der Waals surface area contributed by atoms with E-state index in [1.54, 1.807) is 0 Å². The zero-order valence-corrected chi connectivity index (χ0v) is 11.9. The standard InChI is InChI=1S/C3H5.C2H5.2BrH.2Mg/c1-3-2;1-2;;;;/h3H,1-2H2;1H2,2H3;2*1H;;/q;;;;2*+1/p-2. The number of hydrogen-bond donors (Lipinski definition) is 0. The molecule has 0 heterocycles. The van der Waals surface area contributed by atoms with E-state index in [0.29, 0.717) is 0 Å². The molecule has 9 heavy (non-hydrogen) atoms. The van der Waals surface area contributed by atoms with E-state index in [0.717, 1.165) is 4.55 Å². The summed E-state index contributed by atoms with van der Waals surface area (Å²) in [5.41, 5.74) is 0.